The van der Waals surface area contributed by atoms with Crippen molar-refractivity contribution in [3.05, 3.63) is 0 Å². The minimum Gasteiger partial charge on any atom is -0.481 e. The molecule has 21 heavy (non-hydrogen) atoms. The second-order valence-electron chi connectivity index (χ2n) is 6.83. The molecular formula is C15H24N2O4. The van der Waals surface area contributed by atoms with Crippen molar-refractivity contribution in [2.24, 2.45) is 11.3 Å². The quantitative estimate of drug-likeness (QED) is 0.808. The van der Waals surface area contributed by atoms with E-state index in [4.69, 9.17) is 4.74 Å². The number of carboxylic acid groups (broad SMARTS) is 1. The third-order valence-electron chi connectivity index (χ3n) is 5.50. The fraction of sp³-hybridized carbons (Fsp3) is 0.867. The van der Waals surface area contributed by atoms with E-state index in [0.29, 0.717) is 12.0 Å². The molecule has 0 bridgehead atoms. The third-order valence-corrected chi connectivity index (χ3v) is 5.50. The zero-order valence-corrected chi connectivity index (χ0v) is 12.5. The lowest BCUT2D eigenvalue weighted by molar-refractivity contribution is -0.148. The van der Waals surface area contributed by atoms with Gasteiger partial charge >= 0.3 is 12.0 Å². The van der Waals surface area contributed by atoms with Crippen molar-refractivity contribution in [2.45, 2.75) is 51.1 Å². The number of piperidine rings is 1. The molecule has 2 aliphatic heterocycles. The number of aliphatic carboxylic acids is 1. The lowest BCUT2D eigenvalue weighted by Crippen LogP contribution is -2.57. The minimum atomic E-state index is -1.03. The number of nitrogens with zero attached hydrogens (tertiary/aromatic N) is 1. The lowest BCUT2D eigenvalue weighted by Gasteiger charge is -2.39. The summed E-state index contributed by atoms with van der Waals surface area (Å²) in [6.45, 7) is 2.85. The van der Waals surface area contributed by atoms with Crippen LogP contribution in [0.25, 0.3) is 0 Å². The fourth-order valence-electron chi connectivity index (χ4n) is 4.02. The van der Waals surface area contributed by atoms with Gasteiger partial charge in [0, 0.05) is 12.6 Å². The van der Waals surface area contributed by atoms with Gasteiger partial charge in [-0.25, -0.2) is 4.79 Å². The van der Waals surface area contributed by atoms with E-state index < -0.39 is 17.4 Å². The summed E-state index contributed by atoms with van der Waals surface area (Å²) in [5, 5.41) is 12.3. The summed E-state index contributed by atoms with van der Waals surface area (Å²) in [5.74, 6) is -0.280. The van der Waals surface area contributed by atoms with E-state index in [9.17, 15) is 14.7 Å². The van der Waals surface area contributed by atoms with Crippen LogP contribution in [0.2, 0.25) is 0 Å². The number of hydrogen-bond acceptors (Lipinski definition) is 3. The molecule has 4 atom stereocenters. The number of fused-ring (bicyclic) bond motifs is 1. The summed E-state index contributed by atoms with van der Waals surface area (Å²) in [7, 11) is 0. The first-order valence-corrected chi connectivity index (χ1v) is 7.90. The topological polar surface area (TPSA) is 78.9 Å². The van der Waals surface area contributed by atoms with Crippen LogP contribution in [0.15, 0.2) is 0 Å². The highest BCUT2D eigenvalue weighted by Gasteiger charge is 2.48. The lowest BCUT2D eigenvalue weighted by atomic mass is 9.85. The molecule has 2 N–H and O–H groups in total. The molecule has 0 spiro atoms. The first-order valence-electron chi connectivity index (χ1n) is 7.90. The second-order valence-corrected chi connectivity index (χ2v) is 6.83. The summed E-state index contributed by atoms with van der Waals surface area (Å²) < 4.78 is 5.29. The van der Waals surface area contributed by atoms with Crippen molar-refractivity contribution in [1.82, 2.24) is 10.2 Å². The first kappa shape index (κ1) is 14.6. The van der Waals surface area contributed by atoms with Crippen LogP contribution >= 0.6 is 0 Å². The van der Waals surface area contributed by atoms with Crippen molar-refractivity contribution < 1.29 is 19.4 Å². The van der Waals surface area contributed by atoms with Gasteiger partial charge in [-0.2, -0.15) is 0 Å². The summed E-state index contributed by atoms with van der Waals surface area (Å²) >= 11 is 0. The molecule has 6 nitrogen and oxygen atoms in total. The normalized spacial score (nSPS) is 39.1. The summed E-state index contributed by atoms with van der Waals surface area (Å²) in [6, 6.07) is -0.226. The summed E-state index contributed by atoms with van der Waals surface area (Å²) in [4.78, 5) is 25.9. The maximum absolute atomic E-state index is 12.6. The van der Waals surface area contributed by atoms with Crippen LogP contribution in [0.3, 0.4) is 0 Å². The van der Waals surface area contributed by atoms with Crippen LogP contribution in [0.5, 0.6) is 0 Å². The molecule has 3 fully saturated rings. The first-order chi connectivity index (χ1) is 10.0. The number of nitrogens with one attached hydrogen (secondary N) is 1. The van der Waals surface area contributed by atoms with Crippen LogP contribution in [-0.2, 0) is 9.53 Å². The highest BCUT2D eigenvalue weighted by atomic mass is 16.5. The van der Waals surface area contributed by atoms with Gasteiger partial charge in [0.05, 0.1) is 19.3 Å². The van der Waals surface area contributed by atoms with Crippen LogP contribution in [0, 0.1) is 11.3 Å². The van der Waals surface area contributed by atoms with E-state index in [1.807, 2.05) is 4.90 Å². The largest absolute Gasteiger partial charge is 0.481 e. The Morgan fingerprint density at radius 2 is 2.05 bits per heavy atom. The molecule has 4 unspecified atom stereocenters. The molecule has 118 valence electrons. The number of rotatable bonds is 2. The minimum absolute atomic E-state index is 0.116. The smallest absolute Gasteiger partial charge is 0.317 e. The number of hydrogen-bond donors (Lipinski definition) is 2. The number of amides is 2. The Morgan fingerprint density at radius 1 is 1.29 bits per heavy atom. The Bertz CT molecular complexity index is 441. The van der Waals surface area contributed by atoms with E-state index in [1.54, 1.807) is 6.92 Å². The molecule has 1 aliphatic carbocycles. The number of urea groups is 1. The summed E-state index contributed by atoms with van der Waals surface area (Å²) in [5.41, 5.74) is -1.03. The molecule has 3 aliphatic rings. The third kappa shape index (κ3) is 2.50. The Labute approximate surface area is 124 Å². The molecule has 0 aromatic carbocycles. The van der Waals surface area contributed by atoms with Gasteiger partial charge in [-0.15, -0.1) is 0 Å². The molecule has 0 aromatic rings. The van der Waals surface area contributed by atoms with Crippen LogP contribution in [-0.4, -0.2) is 53.8 Å². The number of carbonyl (C=O) groups excluding carboxylic acids is 1. The van der Waals surface area contributed by atoms with E-state index >= 15 is 0 Å². The van der Waals surface area contributed by atoms with E-state index in [-0.39, 0.29) is 19.2 Å². The Kier molecular flexibility index (Phi) is 3.82. The molecule has 0 aromatic heterocycles. The molecule has 0 radical (unpaired) electrons. The molecule has 2 saturated heterocycles. The van der Waals surface area contributed by atoms with Crippen LogP contribution < -0.4 is 5.32 Å². The second kappa shape index (κ2) is 5.48. The monoisotopic (exact) mass is 296 g/mol. The average molecular weight is 296 g/mol. The molecule has 3 rings (SSSR count). The SMILES string of the molecule is CC1(C(=O)O)COCC1NC(=O)N1CCCC2CCCC21. The average Bonchev–Trinajstić information content (AvgIpc) is 3.06. The van der Waals surface area contributed by atoms with Gasteiger partial charge in [-0.05, 0) is 38.5 Å². The maximum atomic E-state index is 12.6. The van der Waals surface area contributed by atoms with Crippen LogP contribution in [0.4, 0.5) is 4.79 Å². The van der Waals surface area contributed by atoms with Crippen molar-refractivity contribution in [1.29, 1.82) is 0 Å². The van der Waals surface area contributed by atoms with Crippen molar-refractivity contribution in [3.8, 4) is 0 Å². The van der Waals surface area contributed by atoms with Gasteiger partial charge < -0.3 is 20.1 Å². The maximum Gasteiger partial charge on any atom is 0.317 e. The van der Waals surface area contributed by atoms with Gasteiger partial charge in [-0.3, -0.25) is 4.79 Å². The van der Waals surface area contributed by atoms with Crippen molar-refractivity contribution in [2.75, 3.05) is 19.8 Å². The Balaban J connectivity index is 1.67. The Morgan fingerprint density at radius 3 is 2.81 bits per heavy atom. The van der Waals surface area contributed by atoms with Crippen molar-refractivity contribution >= 4 is 12.0 Å². The van der Waals surface area contributed by atoms with Crippen LogP contribution in [0.1, 0.15) is 39.0 Å². The van der Waals surface area contributed by atoms with Crippen molar-refractivity contribution in [3.63, 3.8) is 0 Å². The molecular weight excluding hydrogens is 272 g/mol. The molecule has 2 heterocycles. The predicted molar refractivity (Wildman–Crippen MR) is 76.0 cm³/mol. The van der Waals surface area contributed by atoms with Gasteiger partial charge in [0.25, 0.3) is 0 Å². The highest BCUT2D eigenvalue weighted by Crippen LogP contribution is 2.37. The highest BCUT2D eigenvalue weighted by molar-refractivity contribution is 5.79. The molecule has 6 heteroatoms. The fourth-order valence-corrected chi connectivity index (χ4v) is 4.02. The number of carbonyl (C=O) groups is 2. The Hall–Kier alpha value is -1.30. The number of ether oxygens (including phenoxy) is 1. The number of carboxylic acids is 1. The van der Waals surface area contributed by atoms with Gasteiger partial charge in [0.1, 0.15) is 5.41 Å². The summed E-state index contributed by atoms with van der Waals surface area (Å²) in [6.07, 6.45) is 5.75. The zero-order valence-electron chi connectivity index (χ0n) is 12.5. The van der Waals surface area contributed by atoms with Gasteiger partial charge in [-0.1, -0.05) is 6.42 Å². The van der Waals surface area contributed by atoms with E-state index in [2.05, 4.69) is 5.32 Å². The molecule has 1 saturated carbocycles. The standard InChI is InChI=1S/C15H24N2O4/c1-15(13(18)19)9-21-8-12(15)16-14(20)17-7-3-5-10-4-2-6-11(10)17/h10-12H,2-9H2,1H3,(H,16,20)(H,18,19). The molecule has 2 amide bonds. The van der Waals surface area contributed by atoms with Gasteiger partial charge in [0.2, 0.25) is 0 Å². The van der Waals surface area contributed by atoms with E-state index in [0.717, 1.165) is 19.4 Å². The van der Waals surface area contributed by atoms with E-state index in [1.165, 1.54) is 19.3 Å². The van der Waals surface area contributed by atoms with Gasteiger partial charge in [0.15, 0.2) is 0 Å². The zero-order chi connectivity index (χ0) is 15.0. The predicted octanol–water partition coefficient (Wildman–Crippen LogP) is 1.45. The number of likely N-dealkylation sites (tertiary alicyclic amines) is 1.